The molecule has 0 spiro atoms. The molecule has 140 valence electrons. The van der Waals surface area contributed by atoms with Crippen LogP contribution in [0.5, 0.6) is 0 Å². The second-order valence-electron chi connectivity index (χ2n) is 6.53. The van der Waals surface area contributed by atoms with Crippen LogP contribution in [-0.2, 0) is 10.0 Å². The first kappa shape index (κ1) is 20.3. The summed E-state index contributed by atoms with van der Waals surface area (Å²) in [5, 5.41) is 0. The smallest absolute Gasteiger partial charge is 0.255 e. The molecule has 1 heterocycles. The number of nitrogens with zero attached hydrogens (tertiary/aromatic N) is 1. The van der Waals surface area contributed by atoms with Gasteiger partial charge in [0.1, 0.15) is 0 Å². The van der Waals surface area contributed by atoms with E-state index in [9.17, 15) is 13.2 Å². The van der Waals surface area contributed by atoms with Crippen molar-refractivity contribution in [3.05, 3.63) is 23.8 Å². The topological polar surface area (TPSA) is 66.5 Å². The number of thioether (sulfide) groups is 1. The van der Waals surface area contributed by atoms with Gasteiger partial charge in [0.25, 0.3) is 5.91 Å². The summed E-state index contributed by atoms with van der Waals surface area (Å²) in [5.74, 6) is -0.0669. The van der Waals surface area contributed by atoms with Crippen molar-refractivity contribution in [1.29, 1.82) is 0 Å². The van der Waals surface area contributed by atoms with Crippen molar-refractivity contribution in [2.24, 2.45) is 0 Å². The largest absolute Gasteiger partial charge is 0.339 e. The minimum Gasteiger partial charge on any atom is -0.339 e. The predicted octanol–water partition coefficient (Wildman–Crippen LogP) is 3.50. The number of piperidine rings is 1. The fourth-order valence-corrected chi connectivity index (χ4v) is 4.99. The Balaban J connectivity index is 2.31. The third-order valence-corrected chi connectivity index (χ3v) is 6.82. The molecular formula is C18H28N2O3S2. The van der Waals surface area contributed by atoms with Gasteiger partial charge in [-0.15, -0.1) is 11.8 Å². The highest BCUT2D eigenvalue weighted by molar-refractivity contribution is 7.98. The molecule has 1 amide bonds. The number of amides is 1. The summed E-state index contributed by atoms with van der Waals surface area (Å²) in [6, 6.07) is 4.72. The van der Waals surface area contributed by atoms with Crippen LogP contribution in [-0.4, -0.2) is 44.6 Å². The molecule has 0 aliphatic carbocycles. The first-order valence-corrected chi connectivity index (χ1v) is 11.6. The molecular weight excluding hydrogens is 356 g/mol. The lowest BCUT2D eigenvalue weighted by Gasteiger charge is -2.27. The van der Waals surface area contributed by atoms with Gasteiger partial charge in [-0.05, 0) is 57.1 Å². The highest BCUT2D eigenvalue weighted by Gasteiger charge is 2.24. The number of hydrogen-bond acceptors (Lipinski definition) is 4. The van der Waals surface area contributed by atoms with Gasteiger partial charge in [0.15, 0.2) is 0 Å². The molecule has 1 N–H and O–H groups in total. The molecule has 1 aromatic carbocycles. The van der Waals surface area contributed by atoms with Crippen LogP contribution in [0.15, 0.2) is 28.0 Å². The Kier molecular flexibility index (Phi) is 7.34. The summed E-state index contributed by atoms with van der Waals surface area (Å²) in [4.78, 5) is 15.7. The molecule has 0 unspecified atom stereocenters. The van der Waals surface area contributed by atoms with Gasteiger partial charge in [-0.2, -0.15) is 0 Å². The molecule has 1 aliphatic heterocycles. The summed E-state index contributed by atoms with van der Waals surface area (Å²) in [6.07, 6.45) is 6.75. The van der Waals surface area contributed by atoms with Gasteiger partial charge in [-0.1, -0.05) is 13.3 Å². The van der Waals surface area contributed by atoms with Crippen molar-refractivity contribution in [3.63, 3.8) is 0 Å². The van der Waals surface area contributed by atoms with Gasteiger partial charge < -0.3 is 4.90 Å². The summed E-state index contributed by atoms with van der Waals surface area (Å²) < 4.78 is 27.9. The summed E-state index contributed by atoms with van der Waals surface area (Å²) in [7, 11) is -3.62. The number of sulfonamides is 1. The Bertz CT molecular complexity index is 698. The van der Waals surface area contributed by atoms with Crippen molar-refractivity contribution >= 4 is 27.7 Å². The number of benzene rings is 1. The van der Waals surface area contributed by atoms with Crippen LogP contribution in [0.1, 0.15) is 56.3 Å². The molecule has 1 fully saturated rings. The van der Waals surface area contributed by atoms with E-state index in [-0.39, 0.29) is 16.8 Å². The quantitative estimate of drug-likeness (QED) is 0.731. The second-order valence-corrected chi connectivity index (χ2v) is 9.09. The van der Waals surface area contributed by atoms with E-state index in [2.05, 4.69) is 4.72 Å². The van der Waals surface area contributed by atoms with Crippen LogP contribution in [0, 0.1) is 0 Å². The first-order valence-electron chi connectivity index (χ1n) is 8.88. The number of likely N-dealkylation sites (tertiary alicyclic amines) is 1. The van der Waals surface area contributed by atoms with Gasteiger partial charge in [-0.3, -0.25) is 4.79 Å². The summed E-state index contributed by atoms with van der Waals surface area (Å²) >= 11 is 1.47. The Hall–Kier alpha value is -1.05. The number of carbonyl (C=O) groups is 1. The summed E-state index contributed by atoms with van der Waals surface area (Å²) in [6.45, 7) is 5.37. The van der Waals surface area contributed by atoms with E-state index in [0.717, 1.165) is 50.1 Å². The summed E-state index contributed by atoms with van der Waals surface area (Å²) in [5.41, 5.74) is 0.486. The van der Waals surface area contributed by atoms with Crippen molar-refractivity contribution in [1.82, 2.24) is 9.62 Å². The van der Waals surface area contributed by atoms with Gasteiger partial charge in [-0.25, -0.2) is 13.1 Å². The number of hydrogen-bond donors (Lipinski definition) is 1. The van der Waals surface area contributed by atoms with Gasteiger partial charge in [0.2, 0.25) is 10.0 Å². The average Bonchev–Trinajstić information content (AvgIpc) is 2.61. The van der Waals surface area contributed by atoms with Crippen LogP contribution in [0.4, 0.5) is 0 Å². The Morgan fingerprint density at radius 2 is 1.96 bits per heavy atom. The highest BCUT2D eigenvalue weighted by Crippen LogP contribution is 2.26. The van der Waals surface area contributed by atoms with Crippen molar-refractivity contribution in [2.45, 2.75) is 61.8 Å². The second kappa shape index (κ2) is 9.05. The number of nitrogens with one attached hydrogen (secondary N) is 1. The lowest BCUT2D eigenvalue weighted by Crippen LogP contribution is -2.36. The minimum atomic E-state index is -3.62. The molecule has 0 saturated carbocycles. The molecule has 2 rings (SSSR count). The lowest BCUT2D eigenvalue weighted by molar-refractivity contribution is 0.0720. The molecule has 1 saturated heterocycles. The highest BCUT2D eigenvalue weighted by atomic mass is 32.2. The number of rotatable bonds is 7. The van der Waals surface area contributed by atoms with E-state index < -0.39 is 10.0 Å². The maximum Gasteiger partial charge on any atom is 0.255 e. The van der Waals surface area contributed by atoms with E-state index in [1.165, 1.54) is 17.8 Å². The Morgan fingerprint density at radius 1 is 1.28 bits per heavy atom. The molecule has 1 atom stereocenters. The third-order valence-electron chi connectivity index (χ3n) is 4.43. The molecule has 0 bridgehead atoms. The van der Waals surface area contributed by atoms with E-state index in [0.29, 0.717) is 5.56 Å². The van der Waals surface area contributed by atoms with Crippen LogP contribution in [0.2, 0.25) is 0 Å². The van der Waals surface area contributed by atoms with Gasteiger partial charge >= 0.3 is 0 Å². The Labute approximate surface area is 155 Å². The van der Waals surface area contributed by atoms with Gasteiger partial charge in [0.05, 0.1) is 10.5 Å². The van der Waals surface area contributed by atoms with Crippen LogP contribution in [0.3, 0.4) is 0 Å². The maximum absolute atomic E-state index is 12.9. The molecule has 0 radical (unpaired) electrons. The predicted molar refractivity (Wildman–Crippen MR) is 103 cm³/mol. The zero-order valence-electron chi connectivity index (χ0n) is 15.2. The number of carbonyl (C=O) groups excluding carboxylic acids is 1. The van der Waals surface area contributed by atoms with E-state index in [4.69, 9.17) is 0 Å². The molecule has 1 aromatic rings. The molecule has 0 aromatic heterocycles. The fourth-order valence-electron chi connectivity index (χ4n) is 3.11. The van der Waals surface area contributed by atoms with Gasteiger partial charge in [0, 0.05) is 24.0 Å². The van der Waals surface area contributed by atoms with E-state index >= 15 is 0 Å². The van der Waals surface area contributed by atoms with Crippen molar-refractivity contribution in [3.8, 4) is 0 Å². The zero-order chi connectivity index (χ0) is 18.4. The first-order chi connectivity index (χ1) is 11.9. The van der Waals surface area contributed by atoms with Crippen molar-refractivity contribution < 1.29 is 13.2 Å². The third kappa shape index (κ3) is 5.21. The zero-order valence-corrected chi connectivity index (χ0v) is 16.9. The lowest BCUT2D eigenvalue weighted by atomic mass is 10.1. The standard InChI is InChI=1S/C18H28N2O3S2/c1-4-8-14(2)19-25(22,23)15-9-10-17(24-3)16(13-15)18(21)20-11-6-5-7-12-20/h9-10,13-14,19H,4-8,11-12H2,1-3H3/t14-/m1/s1. The van der Waals surface area contributed by atoms with Crippen LogP contribution < -0.4 is 4.72 Å². The fraction of sp³-hybridized carbons (Fsp3) is 0.611. The van der Waals surface area contributed by atoms with E-state index in [1.54, 1.807) is 12.1 Å². The molecule has 5 nitrogen and oxygen atoms in total. The van der Waals surface area contributed by atoms with E-state index in [1.807, 2.05) is 25.0 Å². The normalized spacial score (nSPS) is 16.7. The average molecular weight is 385 g/mol. The SMILES string of the molecule is CCC[C@@H](C)NS(=O)(=O)c1ccc(SC)c(C(=O)N2CCCCC2)c1. The maximum atomic E-state index is 12.9. The molecule has 25 heavy (non-hydrogen) atoms. The molecule has 7 heteroatoms. The van der Waals surface area contributed by atoms with Crippen LogP contribution in [0.25, 0.3) is 0 Å². The van der Waals surface area contributed by atoms with Crippen molar-refractivity contribution in [2.75, 3.05) is 19.3 Å². The Morgan fingerprint density at radius 3 is 2.56 bits per heavy atom. The monoisotopic (exact) mass is 384 g/mol. The van der Waals surface area contributed by atoms with Crippen LogP contribution >= 0.6 is 11.8 Å². The molecule has 1 aliphatic rings. The minimum absolute atomic E-state index is 0.0669.